The number of benzene rings is 2. The van der Waals surface area contributed by atoms with Gasteiger partial charge in [0.15, 0.2) is 0 Å². The molecule has 3 aromatic rings. The number of hydrogen-bond acceptors (Lipinski definition) is 6. The van der Waals surface area contributed by atoms with E-state index >= 15 is 0 Å². The van der Waals surface area contributed by atoms with Crippen LogP contribution in [0.1, 0.15) is 24.1 Å². The highest BCUT2D eigenvalue weighted by Crippen LogP contribution is 2.30. The smallest absolute Gasteiger partial charge is 0.293 e. The number of aromatic nitrogens is 2. The van der Waals surface area contributed by atoms with Gasteiger partial charge in [0, 0.05) is 17.8 Å². The number of rotatable bonds is 7. The van der Waals surface area contributed by atoms with Gasteiger partial charge in [0.05, 0.1) is 28.6 Å². The average Bonchev–Trinajstić information content (AvgIpc) is 3.10. The third kappa shape index (κ3) is 4.53. The summed E-state index contributed by atoms with van der Waals surface area (Å²) in [6, 6.07) is 13.1. The van der Waals surface area contributed by atoms with Crippen molar-refractivity contribution in [2.75, 3.05) is 5.32 Å². The molecule has 0 bridgehead atoms. The molecular formula is C18H19N5O4S. The molecule has 0 aliphatic heterocycles. The Hall–Kier alpha value is -3.24. The number of nitro groups is 1. The first kappa shape index (κ1) is 19.5. The van der Waals surface area contributed by atoms with Crippen molar-refractivity contribution in [2.24, 2.45) is 5.14 Å². The quantitative estimate of drug-likeness (QED) is 0.462. The average molecular weight is 401 g/mol. The van der Waals surface area contributed by atoms with Crippen molar-refractivity contribution in [1.82, 2.24) is 9.78 Å². The number of nitrogens with one attached hydrogen (secondary N) is 1. The fraction of sp³-hybridized carbons (Fsp3) is 0.167. The molecule has 9 nitrogen and oxygen atoms in total. The Labute approximate surface area is 162 Å². The minimum absolute atomic E-state index is 0.195. The molecule has 0 amide bonds. The molecule has 28 heavy (non-hydrogen) atoms. The van der Waals surface area contributed by atoms with Gasteiger partial charge in [0.2, 0.25) is 10.0 Å². The molecule has 3 N–H and O–H groups in total. The van der Waals surface area contributed by atoms with Crippen LogP contribution in [0.2, 0.25) is 0 Å². The largest absolute Gasteiger partial charge is 0.373 e. The lowest BCUT2D eigenvalue weighted by atomic mass is 10.1. The highest BCUT2D eigenvalue weighted by Gasteiger charge is 2.21. The third-order valence-electron chi connectivity index (χ3n) is 4.21. The summed E-state index contributed by atoms with van der Waals surface area (Å²) in [5.74, 6) is 0. The summed E-state index contributed by atoms with van der Waals surface area (Å²) in [5.41, 5.74) is 1.77. The summed E-state index contributed by atoms with van der Waals surface area (Å²) >= 11 is 0. The van der Waals surface area contributed by atoms with Gasteiger partial charge in [-0.25, -0.2) is 13.6 Å². The zero-order valence-electron chi connectivity index (χ0n) is 15.0. The summed E-state index contributed by atoms with van der Waals surface area (Å²) in [6.07, 6.45) is 3.54. The molecule has 0 saturated carbocycles. The molecule has 0 aliphatic rings. The summed E-state index contributed by atoms with van der Waals surface area (Å²) in [4.78, 5) is 10.4. The zero-order valence-corrected chi connectivity index (χ0v) is 15.8. The Bertz CT molecular complexity index is 1100. The Morgan fingerprint density at radius 2 is 1.96 bits per heavy atom. The molecule has 0 aliphatic carbocycles. The van der Waals surface area contributed by atoms with Crippen molar-refractivity contribution in [3.8, 4) is 0 Å². The van der Waals surface area contributed by atoms with Crippen LogP contribution in [-0.4, -0.2) is 23.1 Å². The molecule has 1 unspecified atom stereocenters. The predicted molar refractivity (Wildman–Crippen MR) is 104 cm³/mol. The van der Waals surface area contributed by atoms with Gasteiger partial charge in [0.1, 0.15) is 5.69 Å². The molecule has 146 valence electrons. The maximum atomic E-state index is 11.4. The lowest BCUT2D eigenvalue weighted by Gasteiger charge is -2.14. The molecule has 1 heterocycles. The van der Waals surface area contributed by atoms with Crippen LogP contribution >= 0.6 is 0 Å². The van der Waals surface area contributed by atoms with E-state index in [-0.39, 0.29) is 22.3 Å². The minimum atomic E-state index is -4.03. The van der Waals surface area contributed by atoms with E-state index in [1.165, 1.54) is 12.1 Å². The van der Waals surface area contributed by atoms with E-state index in [0.29, 0.717) is 6.54 Å². The number of primary sulfonamides is 1. The molecule has 0 fully saturated rings. The molecular weight excluding hydrogens is 382 g/mol. The molecule has 3 rings (SSSR count). The van der Waals surface area contributed by atoms with Gasteiger partial charge >= 0.3 is 0 Å². The van der Waals surface area contributed by atoms with E-state index in [1.54, 1.807) is 10.9 Å². The normalized spacial score (nSPS) is 12.5. The first-order valence-electron chi connectivity index (χ1n) is 8.38. The van der Waals surface area contributed by atoms with Crippen LogP contribution in [0.5, 0.6) is 0 Å². The zero-order chi connectivity index (χ0) is 20.3. The third-order valence-corrected chi connectivity index (χ3v) is 5.12. The van der Waals surface area contributed by atoms with Gasteiger partial charge in [-0.15, -0.1) is 0 Å². The van der Waals surface area contributed by atoms with Crippen LogP contribution < -0.4 is 10.5 Å². The van der Waals surface area contributed by atoms with Crippen molar-refractivity contribution < 1.29 is 13.3 Å². The Morgan fingerprint density at radius 3 is 2.61 bits per heavy atom. The van der Waals surface area contributed by atoms with Gasteiger partial charge in [-0.3, -0.25) is 14.8 Å². The van der Waals surface area contributed by atoms with Crippen LogP contribution in [-0.2, 0) is 16.6 Å². The molecule has 10 heteroatoms. The number of anilines is 1. The minimum Gasteiger partial charge on any atom is -0.373 e. The highest BCUT2D eigenvalue weighted by atomic mass is 32.2. The maximum Gasteiger partial charge on any atom is 0.293 e. The van der Waals surface area contributed by atoms with Crippen molar-refractivity contribution in [3.05, 3.63) is 82.2 Å². The Morgan fingerprint density at radius 1 is 1.25 bits per heavy atom. The van der Waals surface area contributed by atoms with Crippen molar-refractivity contribution in [3.63, 3.8) is 0 Å². The lowest BCUT2D eigenvalue weighted by Crippen LogP contribution is -2.13. The number of nitrogens with zero attached hydrogens (tertiary/aromatic N) is 3. The molecule has 1 atom stereocenters. The standard InChI is InChI=1S/C18H19N5O4S/c1-13(15-10-20-22(12-15)11-14-5-3-2-4-6-14)21-17-8-7-16(28(19,26)27)9-18(17)23(24)25/h2-10,12-13,21H,11H2,1H3,(H2,19,26,27). The Balaban J connectivity index is 1.79. The van der Waals surface area contributed by atoms with Crippen LogP contribution in [0.3, 0.4) is 0 Å². The van der Waals surface area contributed by atoms with Gasteiger partial charge in [-0.1, -0.05) is 30.3 Å². The van der Waals surface area contributed by atoms with E-state index in [9.17, 15) is 18.5 Å². The topological polar surface area (TPSA) is 133 Å². The van der Waals surface area contributed by atoms with Gasteiger partial charge in [-0.2, -0.15) is 5.10 Å². The van der Waals surface area contributed by atoms with E-state index in [0.717, 1.165) is 17.2 Å². The predicted octanol–water partition coefficient (Wildman–Crippen LogP) is 2.66. The fourth-order valence-corrected chi connectivity index (χ4v) is 3.27. The van der Waals surface area contributed by atoms with Crippen LogP contribution in [0, 0.1) is 10.1 Å². The van der Waals surface area contributed by atoms with Crippen molar-refractivity contribution in [2.45, 2.75) is 24.4 Å². The first-order chi connectivity index (χ1) is 13.2. The van der Waals surface area contributed by atoms with Crippen LogP contribution in [0.4, 0.5) is 11.4 Å². The van der Waals surface area contributed by atoms with E-state index in [4.69, 9.17) is 5.14 Å². The highest BCUT2D eigenvalue weighted by molar-refractivity contribution is 7.89. The van der Waals surface area contributed by atoms with Crippen LogP contribution in [0.15, 0.2) is 65.8 Å². The van der Waals surface area contributed by atoms with Crippen molar-refractivity contribution >= 4 is 21.4 Å². The second-order valence-electron chi connectivity index (χ2n) is 6.30. The monoisotopic (exact) mass is 401 g/mol. The van der Waals surface area contributed by atoms with Crippen molar-refractivity contribution in [1.29, 1.82) is 0 Å². The summed E-state index contributed by atoms with van der Waals surface area (Å²) in [6.45, 7) is 2.44. The van der Waals surface area contributed by atoms with Gasteiger partial charge in [-0.05, 0) is 24.6 Å². The first-order valence-corrected chi connectivity index (χ1v) is 9.93. The second kappa shape index (κ2) is 7.79. The van der Waals surface area contributed by atoms with E-state index in [2.05, 4.69) is 10.4 Å². The summed E-state index contributed by atoms with van der Waals surface area (Å²) in [7, 11) is -4.03. The number of nitro benzene ring substituents is 1. The molecule has 1 aromatic heterocycles. The second-order valence-corrected chi connectivity index (χ2v) is 7.87. The molecule has 0 radical (unpaired) electrons. The molecule has 0 spiro atoms. The van der Waals surface area contributed by atoms with Crippen LogP contribution in [0.25, 0.3) is 0 Å². The van der Waals surface area contributed by atoms with E-state index in [1.807, 2.05) is 43.5 Å². The Kier molecular flexibility index (Phi) is 5.43. The van der Waals surface area contributed by atoms with Gasteiger partial charge < -0.3 is 5.32 Å². The van der Waals surface area contributed by atoms with Gasteiger partial charge in [0.25, 0.3) is 5.69 Å². The number of sulfonamides is 1. The fourth-order valence-electron chi connectivity index (χ4n) is 2.74. The summed E-state index contributed by atoms with van der Waals surface area (Å²) in [5, 5.41) is 23.8. The number of hydrogen-bond donors (Lipinski definition) is 2. The number of nitrogens with two attached hydrogens (primary N) is 1. The molecule has 0 saturated heterocycles. The summed E-state index contributed by atoms with van der Waals surface area (Å²) < 4.78 is 24.7. The molecule has 2 aromatic carbocycles. The van der Waals surface area contributed by atoms with E-state index < -0.39 is 14.9 Å². The SMILES string of the molecule is CC(Nc1ccc(S(N)(=O)=O)cc1[N+](=O)[O-])c1cnn(Cc2ccccc2)c1. The maximum absolute atomic E-state index is 11.4. The lowest BCUT2D eigenvalue weighted by molar-refractivity contribution is -0.384.